The van der Waals surface area contributed by atoms with Crippen molar-refractivity contribution in [1.29, 1.82) is 0 Å². The van der Waals surface area contributed by atoms with E-state index in [-0.39, 0.29) is 5.97 Å². The summed E-state index contributed by atoms with van der Waals surface area (Å²) in [5, 5.41) is 8.18. The first-order valence-electron chi connectivity index (χ1n) is 9.70. The molecule has 0 bridgehead atoms. The van der Waals surface area contributed by atoms with Crippen molar-refractivity contribution in [3.8, 4) is 0 Å². The number of benzene rings is 1. The van der Waals surface area contributed by atoms with Crippen LogP contribution in [0.3, 0.4) is 0 Å². The molecule has 0 unspecified atom stereocenters. The Kier molecular flexibility index (Phi) is 7.86. The number of aromatic nitrogens is 1. The molecule has 0 saturated carbocycles. The molecule has 1 aromatic carbocycles. The van der Waals surface area contributed by atoms with Crippen LogP contribution in [0.4, 0.5) is 0 Å². The van der Waals surface area contributed by atoms with Gasteiger partial charge in [0.25, 0.3) is 0 Å². The third-order valence-corrected chi connectivity index (χ3v) is 4.91. The van der Waals surface area contributed by atoms with E-state index in [1.165, 1.54) is 0 Å². The Morgan fingerprint density at radius 3 is 2.90 bits per heavy atom. The second-order valence-corrected chi connectivity index (χ2v) is 7.52. The molecular weight excluding hydrogens is 436 g/mol. The Morgan fingerprint density at radius 1 is 1.35 bits per heavy atom. The Bertz CT molecular complexity index is 1080. The predicted octanol–water partition coefficient (Wildman–Crippen LogP) is 4.34. The minimum atomic E-state index is -0.378. The van der Waals surface area contributed by atoms with Crippen molar-refractivity contribution in [2.24, 2.45) is 5.10 Å². The highest BCUT2D eigenvalue weighted by Gasteiger charge is 2.21. The van der Waals surface area contributed by atoms with Crippen molar-refractivity contribution in [2.75, 3.05) is 6.61 Å². The van der Waals surface area contributed by atoms with Gasteiger partial charge in [-0.25, -0.2) is 4.79 Å². The summed E-state index contributed by atoms with van der Waals surface area (Å²) in [7, 11) is 0. The number of carbonyl (C=O) groups excluding carboxylic acids is 1. The maximum absolute atomic E-state index is 12.6. The van der Waals surface area contributed by atoms with Crippen molar-refractivity contribution in [2.45, 2.75) is 26.8 Å². The minimum absolute atomic E-state index is 0.292. The molecule has 7 nitrogen and oxygen atoms in total. The third-order valence-electron chi connectivity index (χ3n) is 4.44. The van der Waals surface area contributed by atoms with Gasteiger partial charge in [-0.05, 0) is 61.5 Å². The average molecular weight is 459 g/mol. The van der Waals surface area contributed by atoms with E-state index in [1.807, 2.05) is 43.3 Å². The normalized spacial score (nSPS) is 10.9. The van der Waals surface area contributed by atoms with E-state index in [1.54, 1.807) is 19.4 Å². The Balaban J connectivity index is 1.78. The highest BCUT2D eigenvalue weighted by atomic mass is 35.5. The maximum atomic E-state index is 12.6. The van der Waals surface area contributed by atoms with Crippen molar-refractivity contribution in [3.63, 3.8) is 0 Å². The van der Waals surface area contributed by atoms with Gasteiger partial charge < -0.3 is 19.5 Å². The SMILES string of the molecule is CCOC(=O)c1c(C)[nH]c(C=NNC(=S)NCc2ccco2)c1Cc1cccc(Cl)c1. The van der Waals surface area contributed by atoms with E-state index >= 15 is 0 Å². The molecule has 31 heavy (non-hydrogen) atoms. The number of H-pyrrole nitrogens is 1. The molecule has 3 N–H and O–H groups in total. The number of aryl methyl sites for hydroxylation is 1. The highest BCUT2D eigenvalue weighted by Crippen LogP contribution is 2.24. The van der Waals surface area contributed by atoms with E-state index in [4.69, 9.17) is 33.0 Å². The molecule has 2 aromatic heterocycles. The average Bonchev–Trinajstić information content (AvgIpc) is 3.35. The molecule has 0 spiro atoms. The second-order valence-electron chi connectivity index (χ2n) is 6.68. The number of aromatic amines is 1. The number of halogens is 1. The summed E-state index contributed by atoms with van der Waals surface area (Å²) in [5.41, 5.74) is 6.40. The van der Waals surface area contributed by atoms with Gasteiger partial charge in [0.15, 0.2) is 5.11 Å². The number of nitrogens with one attached hydrogen (secondary N) is 3. The molecule has 0 amide bonds. The number of thiocarbonyl (C=S) groups is 1. The molecule has 3 aromatic rings. The molecule has 0 aliphatic heterocycles. The molecule has 0 aliphatic rings. The first-order valence-corrected chi connectivity index (χ1v) is 10.5. The van der Waals surface area contributed by atoms with Gasteiger partial charge in [-0.3, -0.25) is 5.43 Å². The number of hydrogen-bond donors (Lipinski definition) is 3. The summed E-state index contributed by atoms with van der Waals surface area (Å²) in [6.45, 7) is 4.34. The van der Waals surface area contributed by atoms with Crippen molar-refractivity contribution in [1.82, 2.24) is 15.7 Å². The lowest BCUT2D eigenvalue weighted by Crippen LogP contribution is -2.31. The Morgan fingerprint density at radius 2 is 2.19 bits per heavy atom. The van der Waals surface area contributed by atoms with Crippen LogP contribution in [-0.2, 0) is 17.7 Å². The third kappa shape index (κ3) is 6.19. The van der Waals surface area contributed by atoms with Crippen molar-refractivity contribution < 1.29 is 13.9 Å². The van der Waals surface area contributed by atoms with Crippen LogP contribution in [0.5, 0.6) is 0 Å². The highest BCUT2D eigenvalue weighted by molar-refractivity contribution is 7.80. The summed E-state index contributed by atoms with van der Waals surface area (Å²) in [6.07, 6.45) is 3.68. The number of hydrazone groups is 1. The summed E-state index contributed by atoms with van der Waals surface area (Å²) in [5.74, 6) is 0.382. The fourth-order valence-corrected chi connectivity index (χ4v) is 3.44. The molecule has 2 heterocycles. The van der Waals surface area contributed by atoms with Crippen molar-refractivity contribution in [3.05, 3.63) is 81.5 Å². The maximum Gasteiger partial charge on any atom is 0.340 e. The molecular formula is C22H23ClN4O3S. The standard InChI is InChI=1S/C22H23ClN4O3S/c1-3-29-21(28)20-14(2)26-19(18(20)11-15-6-4-7-16(23)10-15)13-25-27-22(31)24-12-17-8-5-9-30-17/h4-10,13,26H,3,11-12H2,1-2H3,(H2,24,27,31). The lowest BCUT2D eigenvalue weighted by molar-refractivity contribution is 0.0524. The number of ether oxygens (including phenoxy) is 1. The molecule has 0 fully saturated rings. The Labute approximate surface area is 190 Å². The first kappa shape index (κ1) is 22.6. The van der Waals surface area contributed by atoms with E-state index in [2.05, 4.69) is 20.8 Å². The summed E-state index contributed by atoms with van der Waals surface area (Å²) in [6, 6.07) is 11.2. The molecule has 0 radical (unpaired) electrons. The quantitative estimate of drug-likeness (QED) is 0.201. The van der Waals surface area contributed by atoms with Gasteiger partial charge in [0.05, 0.1) is 36.9 Å². The zero-order chi connectivity index (χ0) is 22.2. The van der Waals surface area contributed by atoms with Gasteiger partial charge in [0, 0.05) is 17.1 Å². The van der Waals surface area contributed by atoms with Gasteiger partial charge in [-0.1, -0.05) is 23.7 Å². The van der Waals surface area contributed by atoms with Crippen molar-refractivity contribution >= 4 is 41.1 Å². The van der Waals surface area contributed by atoms with E-state index in [9.17, 15) is 4.79 Å². The van der Waals surface area contributed by atoms with Crippen LogP contribution >= 0.6 is 23.8 Å². The van der Waals surface area contributed by atoms with Crippen LogP contribution in [0, 0.1) is 6.92 Å². The van der Waals surface area contributed by atoms with Crippen LogP contribution in [0.1, 0.15) is 45.6 Å². The monoisotopic (exact) mass is 458 g/mol. The zero-order valence-corrected chi connectivity index (χ0v) is 18.8. The lowest BCUT2D eigenvalue weighted by Gasteiger charge is -2.07. The summed E-state index contributed by atoms with van der Waals surface area (Å²) in [4.78, 5) is 15.8. The molecule has 0 atom stereocenters. The van der Waals surface area contributed by atoms with E-state index in [0.717, 1.165) is 16.9 Å². The van der Waals surface area contributed by atoms with Crippen LogP contribution < -0.4 is 10.7 Å². The second kappa shape index (κ2) is 10.8. The molecule has 0 saturated heterocycles. The number of rotatable bonds is 8. The largest absolute Gasteiger partial charge is 0.467 e. The van der Waals surface area contributed by atoms with Gasteiger partial charge in [-0.15, -0.1) is 0 Å². The first-order chi connectivity index (χ1) is 15.0. The van der Waals surface area contributed by atoms with E-state index < -0.39 is 0 Å². The van der Waals surface area contributed by atoms with Gasteiger partial charge in [0.1, 0.15) is 5.76 Å². The van der Waals surface area contributed by atoms with Crippen LogP contribution in [0.15, 0.2) is 52.2 Å². The number of esters is 1. The van der Waals surface area contributed by atoms with Crippen LogP contribution in [0.25, 0.3) is 0 Å². The van der Waals surface area contributed by atoms with Gasteiger partial charge in [0.2, 0.25) is 0 Å². The Hall–Kier alpha value is -3.10. The number of carbonyl (C=O) groups is 1. The minimum Gasteiger partial charge on any atom is -0.467 e. The molecule has 3 rings (SSSR count). The number of hydrogen-bond acceptors (Lipinski definition) is 5. The summed E-state index contributed by atoms with van der Waals surface area (Å²) < 4.78 is 10.5. The van der Waals surface area contributed by atoms with Crippen LogP contribution in [-0.4, -0.2) is 28.9 Å². The molecule has 9 heteroatoms. The number of furan rings is 1. The fourth-order valence-electron chi connectivity index (χ4n) is 3.10. The predicted molar refractivity (Wildman–Crippen MR) is 125 cm³/mol. The van der Waals surface area contributed by atoms with Gasteiger partial charge in [-0.2, -0.15) is 5.10 Å². The topological polar surface area (TPSA) is 91.7 Å². The van der Waals surface area contributed by atoms with Crippen LogP contribution in [0.2, 0.25) is 5.02 Å². The fraction of sp³-hybridized carbons (Fsp3) is 0.227. The number of nitrogens with zero attached hydrogens (tertiary/aromatic N) is 1. The van der Waals surface area contributed by atoms with Gasteiger partial charge >= 0.3 is 5.97 Å². The molecule has 162 valence electrons. The zero-order valence-electron chi connectivity index (χ0n) is 17.2. The van der Waals surface area contributed by atoms with E-state index in [0.29, 0.717) is 46.7 Å². The summed E-state index contributed by atoms with van der Waals surface area (Å²) >= 11 is 11.4. The molecule has 0 aliphatic carbocycles. The lowest BCUT2D eigenvalue weighted by atomic mass is 10.0. The smallest absolute Gasteiger partial charge is 0.340 e.